The van der Waals surface area contributed by atoms with Gasteiger partial charge < -0.3 is 0 Å². The van der Waals surface area contributed by atoms with E-state index in [0.717, 1.165) is 0 Å². The summed E-state index contributed by atoms with van der Waals surface area (Å²) in [6.45, 7) is 3.21. The van der Waals surface area contributed by atoms with Gasteiger partial charge in [-0.05, 0) is 6.42 Å². The van der Waals surface area contributed by atoms with E-state index in [9.17, 15) is 13.6 Å². The molecule has 0 fully saturated rings. The summed E-state index contributed by atoms with van der Waals surface area (Å²) in [7, 11) is 0. The summed E-state index contributed by atoms with van der Waals surface area (Å²) >= 11 is 0. The lowest BCUT2D eigenvalue weighted by molar-refractivity contribution is -0.127. The summed E-state index contributed by atoms with van der Waals surface area (Å²) in [5.41, 5.74) is 0. The molecule has 0 rings (SSSR count). The Morgan fingerprint density at radius 3 is 2.00 bits per heavy atom. The van der Waals surface area contributed by atoms with Crippen LogP contribution >= 0.6 is 0 Å². The third-order valence-corrected chi connectivity index (χ3v) is 1.51. The molecule has 0 spiro atoms. The van der Waals surface area contributed by atoms with Gasteiger partial charge in [0, 0.05) is 6.42 Å². The number of hydrogen-bond acceptors (Lipinski definition) is 1. The van der Waals surface area contributed by atoms with Gasteiger partial charge in [-0.25, -0.2) is 8.78 Å². The van der Waals surface area contributed by atoms with Crippen molar-refractivity contribution in [3.05, 3.63) is 0 Å². The first-order chi connectivity index (χ1) is 4.63. The summed E-state index contributed by atoms with van der Waals surface area (Å²) in [5.74, 6) is -1.37. The highest BCUT2D eigenvalue weighted by atomic mass is 19.3. The second-order valence-electron chi connectivity index (χ2n) is 2.17. The van der Waals surface area contributed by atoms with Gasteiger partial charge in [0.05, 0.1) is 5.92 Å². The van der Waals surface area contributed by atoms with E-state index in [0.29, 0.717) is 0 Å². The topological polar surface area (TPSA) is 17.1 Å². The van der Waals surface area contributed by atoms with E-state index in [2.05, 4.69) is 0 Å². The Hall–Kier alpha value is -0.470. The normalized spacial score (nSPS) is 13.7. The van der Waals surface area contributed by atoms with Crippen LogP contribution in [0.3, 0.4) is 0 Å². The van der Waals surface area contributed by atoms with Gasteiger partial charge in [-0.3, -0.25) is 4.79 Å². The van der Waals surface area contributed by atoms with Gasteiger partial charge in [0.25, 0.3) is 0 Å². The molecule has 60 valence electrons. The van der Waals surface area contributed by atoms with Gasteiger partial charge in [0.2, 0.25) is 6.43 Å². The molecule has 1 atom stereocenters. The fourth-order valence-corrected chi connectivity index (χ4v) is 0.809. The summed E-state index contributed by atoms with van der Waals surface area (Å²) in [5, 5.41) is 0. The number of ketones is 1. The van der Waals surface area contributed by atoms with Crippen molar-refractivity contribution in [2.24, 2.45) is 5.92 Å². The Morgan fingerprint density at radius 2 is 1.90 bits per heavy atom. The van der Waals surface area contributed by atoms with Crippen molar-refractivity contribution in [3.63, 3.8) is 0 Å². The molecule has 0 radical (unpaired) electrons. The Morgan fingerprint density at radius 1 is 1.40 bits per heavy atom. The van der Waals surface area contributed by atoms with Gasteiger partial charge in [0.1, 0.15) is 5.78 Å². The maximum absolute atomic E-state index is 11.9. The second-order valence-corrected chi connectivity index (χ2v) is 2.17. The zero-order chi connectivity index (χ0) is 8.15. The monoisotopic (exact) mass is 150 g/mol. The number of Topliss-reactive ketones (excluding diaryl/α,β-unsaturated/α-hetero) is 1. The number of carbonyl (C=O) groups excluding carboxylic acids is 1. The molecule has 0 saturated heterocycles. The molecular weight excluding hydrogens is 138 g/mol. The van der Waals surface area contributed by atoms with Crippen LogP contribution in [0.2, 0.25) is 0 Å². The van der Waals surface area contributed by atoms with Gasteiger partial charge in [-0.2, -0.15) is 0 Å². The molecule has 0 amide bonds. The molecule has 0 aliphatic carbocycles. The minimum Gasteiger partial charge on any atom is -0.299 e. The maximum atomic E-state index is 11.9. The molecular formula is C7H12F2O. The first-order valence-electron chi connectivity index (χ1n) is 3.44. The summed E-state index contributed by atoms with van der Waals surface area (Å²) in [4.78, 5) is 10.7. The Labute approximate surface area is 59.4 Å². The minimum atomic E-state index is -2.49. The zero-order valence-corrected chi connectivity index (χ0v) is 6.23. The van der Waals surface area contributed by atoms with Crippen LogP contribution in [0.5, 0.6) is 0 Å². The van der Waals surface area contributed by atoms with Gasteiger partial charge >= 0.3 is 0 Å². The highest BCUT2D eigenvalue weighted by molar-refractivity contribution is 5.80. The van der Waals surface area contributed by atoms with E-state index in [1.165, 1.54) is 0 Å². The quantitative estimate of drug-likeness (QED) is 0.600. The van der Waals surface area contributed by atoms with Crippen LogP contribution in [0.4, 0.5) is 8.78 Å². The van der Waals surface area contributed by atoms with Crippen LogP contribution < -0.4 is 0 Å². The molecule has 0 bridgehead atoms. The van der Waals surface area contributed by atoms with Crippen molar-refractivity contribution in [2.45, 2.75) is 33.1 Å². The summed E-state index contributed by atoms with van der Waals surface area (Å²) in [6, 6.07) is 0. The minimum absolute atomic E-state index is 0.211. The van der Waals surface area contributed by atoms with Gasteiger partial charge in [-0.15, -0.1) is 0 Å². The molecule has 0 N–H and O–H groups in total. The van der Waals surface area contributed by atoms with E-state index >= 15 is 0 Å². The molecule has 10 heavy (non-hydrogen) atoms. The van der Waals surface area contributed by atoms with Gasteiger partial charge in [0.15, 0.2) is 0 Å². The molecule has 0 aromatic heterocycles. The fraction of sp³-hybridized carbons (Fsp3) is 0.857. The third-order valence-electron chi connectivity index (χ3n) is 1.51. The average Bonchev–Trinajstić information content (AvgIpc) is 1.88. The Kier molecular flexibility index (Phi) is 4.16. The molecule has 1 nitrogen and oxygen atoms in total. The maximum Gasteiger partial charge on any atom is 0.248 e. The highest BCUT2D eigenvalue weighted by Crippen LogP contribution is 2.15. The molecule has 0 aliphatic heterocycles. The number of alkyl halides is 2. The lowest BCUT2D eigenvalue weighted by Gasteiger charge is -2.09. The first kappa shape index (κ1) is 9.53. The van der Waals surface area contributed by atoms with Crippen molar-refractivity contribution >= 4 is 5.78 Å². The van der Waals surface area contributed by atoms with Crippen molar-refractivity contribution in [1.82, 2.24) is 0 Å². The van der Waals surface area contributed by atoms with Crippen molar-refractivity contribution in [3.8, 4) is 0 Å². The highest BCUT2D eigenvalue weighted by Gasteiger charge is 2.24. The van der Waals surface area contributed by atoms with Crippen LogP contribution in [0.15, 0.2) is 0 Å². The largest absolute Gasteiger partial charge is 0.299 e. The summed E-state index contributed by atoms with van der Waals surface area (Å²) in [6.07, 6.45) is -2.04. The zero-order valence-electron chi connectivity index (χ0n) is 6.23. The first-order valence-corrected chi connectivity index (χ1v) is 3.44. The van der Waals surface area contributed by atoms with Gasteiger partial charge in [-0.1, -0.05) is 13.8 Å². The number of rotatable bonds is 4. The molecule has 0 aromatic carbocycles. The van der Waals surface area contributed by atoms with Crippen molar-refractivity contribution in [1.29, 1.82) is 0 Å². The predicted molar refractivity (Wildman–Crippen MR) is 35.1 cm³/mol. The van der Waals surface area contributed by atoms with Crippen molar-refractivity contribution in [2.75, 3.05) is 0 Å². The number of halogens is 2. The smallest absolute Gasteiger partial charge is 0.248 e. The van der Waals surface area contributed by atoms with E-state index < -0.39 is 12.3 Å². The molecule has 3 heteroatoms. The van der Waals surface area contributed by atoms with E-state index in [-0.39, 0.29) is 18.6 Å². The van der Waals surface area contributed by atoms with Crippen LogP contribution in [0.25, 0.3) is 0 Å². The van der Waals surface area contributed by atoms with Crippen LogP contribution in [0.1, 0.15) is 26.7 Å². The average molecular weight is 150 g/mol. The SMILES string of the molecule is CCC(=O)C(CC)C(F)F. The van der Waals surface area contributed by atoms with E-state index in [1.54, 1.807) is 13.8 Å². The van der Waals surface area contributed by atoms with Crippen LogP contribution in [-0.4, -0.2) is 12.2 Å². The molecule has 0 aromatic rings. The molecule has 1 unspecified atom stereocenters. The van der Waals surface area contributed by atoms with E-state index in [1.807, 2.05) is 0 Å². The lowest BCUT2D eigenvalue weighted by atomic mass is 10.0. The molecule has 0 heterocycles. The molecule has 0 saturated carbocycles. The number of hydrogen-bond donors (Lipinski definition) is 0. The summed E-state index contributed by atoms with van der Waals surface area (Å²) < 4.78 is 23.8. The Bertz CT molecular complexity index is 112. The number of carbonyl (C=O) groups is 1. The lowest BCUT2D eigenvalue weighted by Crippen LogP contribution is -2.20. The predicted octanol–water partition coefficient (Wildman–Crippen LogP) is 2.26. The Balaban J connectivity index is 3.93. The van der Waals surface area contributed by atoms with E-state index in [4.69, 9.17) is 0 Å². The fourth-order valence-electron chi connectivity index (χ4n) is 0.809. The van der Waals surface area contributed by atoms with Crippen LogP contribution in [-0.2, 0) is 4.79 Å². The van der Waals surface area contributed by atoms with Crippen LogP contribution in [0, 0.1) is 5.92 Å². The third kappa shape index (κ3) is 2.42. The van der Waals surface area contributed by atoms with Crippen molar-refractivity contribution < 1.29 is 13.6 Å². The molecule has 0 aliphatic rings. The standard InChI is InChI=1S/C7H12F2O/c1-3-5(7(8)9)6(10)4-2/h5,7H,3-4H2,1-2H3. The second kappa shape index (κ2) is 4.36.